The molecule has 2 atom stereocenters. The zero-order valence-electron chi connectivity index (χ0n) is 11.3. The van der Waals surface area contributed by atoms with Crippen molar-refractivity contribution in [1.82, 2.24) is 15.0 Å². The fourth-order valence-corrected chi connectivity index (χ4v) is 3.05. The number of anilines is 1. The molecule has 100 valence electrons. The van der Waals surface area contributed by atoms with Gasteiger partial charge in [0.2, 0.25) is 0 Å². The second-order valence-corrected chi connectivity index (χ2v) is 5.41. The summed E-state index contributed by atoms with van der Waals surface area (Å²) < 4.78 is 2.06. The SMILES string of the molecule is CC1CC(n2nnc3ccccc32)c2ccccc2N1. The van der Waals surface area contributed by atoms with Gasteiger partial charge in [-0.25, -0.2) is 4.68 Å². The molecule has 2 aromatic carbocycles. The molecule has 0 bridgehead atoms. The lowest BCUT2D eigenvalue weighted by molar-refractivity contribution is 0.453. The highest BCUT2D eigenvalue weighted by atomic mass is 15.4. The van der Waals surface area contributed by atoms with E-state index in [2.05, 4.69) is 57.6 Å². The largest absolute Gasteiger partial charge is 0.382 e. The summed E-state index contributed by atoms with van der Waals surface area (Å²) in [6, 6.07) is 17.3. The van der Waals surface area contributed by atoms with Gasteiger partial charge >= 0.3 is 0 Å². The lowest BCUT2D eigenvalue weighted by atomic mass is 9.93. The van der Waals surface area contributed by atoms with Gasteiger partial charge in [-0.15, -0.1) is 5.10 Å². The van der Waals surface area contributed by atoms with Crippen LogP contribution in [0.2, 0.25) is 0 Å². The first kappa shape index (κ1) is 11.5. The van der Waals surface area contributed by atoms with Crippen molar-refractivity contribution in [2.45, 2.75) is 25.4 Å². The second-order valence-electron chi connectivity index (χ2n) is 5.41. The van der Waals surface area contributed by atoms with E-state index in [1.807, 2.05) is 18.2 Å². The topological polar surface area (TPSA) is 42.7 Å². The predicted molar refractivity (Wildman–Crippen MR) is 79.8 cm³/mol. The van der Waals surface area contributed by atoms with E-state index in [-0.39, 0.29) is 6.04 Å². The van der Waals surface area contributed by atoms with E-state index < -0.39 is 0 Å². The summed E-state index contributed by atoms with van der Waals surface area (Å²) in [5.41, 5.74) is 4.55. The molecule has 20 heavy (non-hydrogen) atoms. The van der Waals surface area contributed by atoms with E-state index >= 15 is 0 Å². The number of hydrogen-bond acceptors (Lipinski definition) is 3. The summed E-state index contributed by atoms with van der Waals surface area (Å²) in [5.74, 6) is 0. The molecular formula is C16H16N4. The summed E-state index contributed by atoms with van der Waals surface area (Å²) in [4.78, 5) is 0. The predicted octanol–water partition coefficient (Wildman–Crippen LogP) is 3.22. The van der Waals surface area contributed by atoms with E-state index in [9.17, 15) is 0 Å². The average molecular weight is 264 g/mol. The first-order valence-electron chi connectivity index (χ1n) is 6.98. The minimum absolute atomic E-state index is 0.245. The number of hydrogen-bond donors (Lipinski definition) is 1. The highest BCUT2D eigenvalue weighted by molar-refractivity contribution is 5.74. The summed E-state index contributed by atoms with van der Waals surface area (Å²) in [7, 11) is 0. The van der Waals surface area contributed by atoms with E-state index in [4.69, 9.17) is 0 Å². The number of benzene rings is 2. The third-order valence-electron chi connectivity index (χ3n) is 3.97. The third kappa shape index (κ3) is 1.68. The Morgan fingerprint density at radius 3 is 2.85 bits per heavy atom. The Labute approximate surface area is 117 Å². The molecule has 0 amide bonds. The number of aromatic nitrogens is 3. The average Bonchev–Trinajstić information content (AvgIpc) is 2.90. The van der Waals surface area contributed by atoms with Crippen molar-refractivity contribution in [2.75, 3.05) is 5.32 Å². The summed E-state index contributed by atoms with van der Waals surface area (Å²) in [5, 5.41) is 12.2. The Morgan fingerprint density at radius 1 is 1.10 bits per heavy atom. The monoisotopic (exact) mass is 264 g/mol. The third-order valence-corrected chi connectivity index (χ3v) is 3.97. The van der Waals surface area contributed by atoms with Crippen LogP contribution >= 0.6 is 0 Å². The van der Waals surface area contributed by atoms with Crippen LogP contribution in [0.5, 0.6) is 0 Å². The van der Waals surface area contributed by atoms with Gasteiger partial charge in [0.1, 0.15) is 5.52 Å². The Kier molecular flexibility index (Phi) is 2.49. The van der Waals surface area contributed by atoms with Gasteiger partial charge in [0.15, 0.2) is 0 Å². The van der Waals surface area contributed by atoms with Crippen LogP contribution in [0.3, 0.4) is 0 Å². The van der Waals surface area contributed by atoms with Gasteiger partial charge in [-0.3, -0.25) is 0 Å². The molecule has 2 heterocycles. The molecule has 4 nitrogen and oxygen atoms in total. The molecular weight excluding hydrogens is 248 g/mol. The standard InChI is InChI=1S/C16H16N4/c1-11-10-16(12-6-2-3-7-13(12)17-11)20-15-9-5-4-8-14(15)18-19-20/h2-9,11,16-17H,10H2,1H3. The minimum atomic E-state index is 0.245. The van der Waals surface area contributed by atoms with Crippen molar-refractivity contribution in [2.24, 2.45) is 0 Å². The summed E-state index contributed by atoms with van der Waals surface area (Å²) >= 11 is 0. The highest BCUT2D eigenvalue weighted by Gasteiger charge is 2.27. The van der Waals surface area contributed by atoms with Crippen LogP contribution in [-0.4, -0.2) is 21.0 Å². The molecule has 0 aliphatic carbocycles. The highest BCUT2D eigenvalue weighted by Crippen LogP contribution is 2.35. The van der Waals surface area contributed by atoms with Crippen molar-refractivity contribution in [1.29, 1.82) is 0 Å². The Hall–Kier alpha value is -2.36. The van der Waals surface area contributed by atoms with Crippen molar-refractivity contribution in [3.05, 3.63) is 54.1 Å². The fourth-order valence-electron chi connectivity index (χ4n) is 3.05. The number of fused-ring (bicyclic) bond motifs is 2. The smallest absolute Gasteiger partial charge is 0.113 e. The van der Waals surface area contributed by atoms with Gasteiger partial charge in [-0.05, 0) is 37.1 Å². The van der Waals surface area contributed by atoms with E-state index in [0.29, 0.717) is 6.04 Å². The van der Waals surface area contributed by atoms with E-state index in [1.54, 1.807) is 0 Å². The first-order valence-corrected chi connectivity index (χ1v) is 6.98. The van der Waals surface area contributed by atoms with Gasteiger partial charge in [0, 0.05) is 11.7 Å². The lowest BCUT2D eigenvalue weighted by Crippen LogP contribution is -2.29. The van der Waals surface area contributed by atoms with Crippen LogP contribution in [0.15, 0.2) is 48.5 Å². The molecule has 1 aliphatic heterocycles. The van der Waals surface area contributed by atoms with Gasteiger partial charge in [-0.1, -0.05) is 35.5 Å². The van der Waals surface area contributed by atoms with Crippen molar-refractivity contribution >= 4 is 16.7 Å². The minimum Gasteiger partial charge on any atom is -0.382 e. The quantitative estimate of drug-likeness (QED) is 0.733. The Bertz CT molecular complexity index is 762. The van der Waals surface area contributed by atoms with Gasteiger partial charge < -0.3 is 5.32 Å². The molecule has 0 spiro atoms. The van der Waals surface area contributed by atoms with E-state index in [0.717, 1.165) is 17.5 Å². The summed E-state index contributed by atoms with van der Waals surface area (Å²) in [6.45, 7) is 2.21. The normalized spacial score (nSPS) is 21.4. The maximum Gasteiger partial charge on any atom is 0.113 e. The van der Waals surface area contributed by atoms with Crippen LogP contribution in [0.25, 0.3) is 11.0 Å². The van der Waals surface area contributed by atoms with Crippen LogP contribution in [0.1, 0.15) is 24.9 Å². The van der Waals surface area contributed by atoms with Gasteiger partial charge in [-0.2, -0.15) is 0 Å². The Morgan fingerprint density at radius 2 is 1.90 bits per heavy atom. The molecule has 1 aromatic heterocycles. The maximum atomic E-state index is 4.39. The van der Waals surface area contributed by atoms with Crippen LogP contribution in [0, 0.1) is 0 Å². The Balaban J connectivity index is 1.90. The second kappa shape index (κ2) is 4.34. The van der Waals surface area contributed by atoms with Gasteiger partial charge in [0.25, 0.3) is 0 Å². The molecule has 1 aliphatic rings. The molecule has 1 N–H and O–H groups in total. The molecule has 0 saturated heterocycles. The molecule has 0 radical (unpaired) electrons. The van der Waals surface area contributed by atoms with Crippen molar-refractivity contribution < 1.29 is 0 Å². The number of nitrogens with zero attached hydrogens (tertiary/aromatic N) is 3. The van der Waals surface area contributed by atoms with Crippen LogP contribution in [-0.2, 0) is 0 Å². The number of rotatable bonds is 1. The van der Waals surface area contributed by atoms with E-state index in [1.165, 1.54) is 11.3 Å². The van der Waals surface area contributed by atoms with Crippen LogP contribution < -0.4 is 5.32 Å². The zero-order chi connectivity index (χ0) is 13.5. The maximum absolute atomic E-state index is 4.39. The number of nitrogens with one attached hydrogen (secondary N) is 1. The first-order chi connectivity index (χ1) is 9.83. The molecule has 2 unspecified atom stereocenters. The van der Waals surface area contributed by atoms with Gasteiger partial charge in [0.05, 0.1) is 11.6 Å². The van der Waals surface area contributed by atoms with Crippen molar-refractivity contribution in [3.8, 4) is 0 Å². The summed E-state index contributed by atoms with van der Waals surface area (Å²) in [6.07, 6.45) is 1.02. The fraction of sp³-hybridized carbons (Fsp3) is 0.250. The molecule has 0 saturated carbocycles. The van der Waals surface area contributed by atoms with Crippen molar-refractivity contribution in [3.63, 3.8) is 0 Å². The molecule has 4 heteroatoms. The lowest BCUT2D eigenvalue weighted by Gasteiger charge is -2.31. The zero-order valence-corrected chi connectivity index (χ0v) is 11.3. The molecule has 4 rings (SSSR count). The molecule has 3 aromatic rings. The number of para-hydroxylation sites is 2. The van der Waals surface area contributed by atoms with Crippen LogP contribution in [0.4, 0.5) is 5.69 Å². The molecule has 0 fully saturated rings.